The number of likely N-dealkylation sites (tertiary alicyclic amines) is 1. The number of anilines is 1. The summed E-state index contributed by atoms with van der Waals surface area (Å²) in [5, 5.41) is 6.54. The van der Waals surface area contributed by atoms with E-state index in [0.717, 1.165) is 77.0 Å². The highest BCUT2D eigenvalue weighted by Crippen LogP contribution is 2.36. The molecule has 1 atom stereocenters. The molecule has 1 aromatic rings. The Bertz CT molecular complexity index is 765. The number of guanidine groups is 1. The number of pyridine rings is 1. The fourth-order valence-corrected chi connectivity index (χ4v) is 4.72. The molecule has 0 aliphatic carbocycles. The average molecular weight is 527 g/mol. The summed E-state index contributed by atoms with van der Waals surface area (Å²) in [6.45, 7) is 7.56. The molecular formula is C21H34IN7O. The van der Waals surface area contributed by atoms with Gasteiger partial charge in [-0.25, -0.2) is 4.98 Å². The molecule has 1 aromatic heterocycles. The maximum atomic E-state index is 11.8. The maximum Gasteiger partial charge on any atom is 0.220 e. The van der Waals surface area contributed by atoms with Gasteiger partial charge < -0.3 is 25.3 Å². The first-order chi connectivity index (χ1) is 14.1. The Morgan fingerprint density at radius 1 is 1.30 bits per heavy atom. The number of likely N-dealkylation sites (N-methyl/N-ethyl adjacent to an activating group) is 1. The van der Waals surface area contributed by atoms with Gasteiger partial charge in [0.1, 0.15) is 5.82 Å². The third kappa shape index (κ3) is 5.35. The van der Waals surface area contributed by atoms with Gasteiger partial charge in [0, 0.05) is 77.4 Å². The van der Waals surface area contributed by atoms with E-state index in [4.69, 9.17) is 0 Å². The predicted octanol–water partition coefficient (Wildman–Crippen LogP) is 1.13. The zero-order chi connectivity index (χ0) is 20.3. The lowest BCUT2D eigenvalue weighted by Crippen LogP contribution is -2.51. The van der Waals surface area contributed by atoms with Crippen molar-refractivity contribution in [2.24, 2.45) is 10.4 Å². The average Bonchev–Trinajstić information content (AvgIpc) is 3.09. The van der Waals surface area contributed by atoms with E-state index in [1.165, 1.54) is 5.56 Å². The lowest BCUT2D eigenvalue weighted by Gasteiger charge is -2.40. The molecule has 3 saturated heterocycles. The van der Waals surface area contributed by atoms with Crippen LogP contribution in [0.15, 0.2) is 23.3 Å². The Kier molecular flexibility index (Phi) is 7.78. The molecule has 0 saturated carbocycles. The van der Waals surface area contributed by atoms with E-state index in [1.54, 1.807) is 0 Å². The molecule has 9 heteroatoms. The molecule has 8 nitrogen and oxygen atoms in total. The number of nitrogens with one attached hydrogen (secondary N) is 2. The van der Waals surface area contributed by atoms with Crippen molar-refractivity contribution < 1.29 is 4.79 Å². The standard InChI is InChI=1S/C21H33N7O.HI/c1-22-20(28-7-3-5-21(16-28)13-19(29)25-15-21)24-14-17-4-6-23-18(12-17)27-10-8-26(2)9-11-27;/h4,6,12H,3,5,7-11,13-16H2,1-2H3,(H,22,24)(H,25,29);1H. The van der Waals surface area contributed by atoms with Crippen molar-refractivity contribution in [3.8, 4) is 0 Å². The van der Waals surface area contributed by atoms with Crippen LogP contribution in [-0.2, 0) is 11.3 Å². The Hall–Kier alpha value is -1.62. The number of piperazine rings is 1. The molecule has 0 radical (unpaired) electrons. The number of hydrogen-bond acceptors (Lipinski definition) is 5. The Balaban J connectivity index is 0.00000256. The van der Waals surface area contributed by atoms with E-state index in [2.05, 4.69) is 54.5 Å². The molecule has 3 aliphatic heterocycles. The number of aliphatic imine (C=N–C) groups is 1. The molecule has 4 heterocycles. The lowest BCUT2D eigenvalue weighted by atomic mass is 9.79. The molecule has 3 aliphatic rings. The van der Waals surface area contributed by atoms with Crippen molar-refractivity contribution >= 4 is 41.7 Å². The second kappa shape index (κ2) is 10.1. The number of hydrogen-bond donors (Lipinski definition) is 2. The number of carbonyl (C=O) groups excluding carboxylic acids is 1. The fraction of sp³-hybridized carbons (Fsp3) is 0.667. The maximum absolute atomic E-state index is 11.8. The molecular weight excluding hydrogens is 493 g/mol. The van der Waals surface area contributed by atoms with Crippen LogP contribution in [0.2, 0.25) is 0 Å². The fourth-order valence-electron chi connectivity index (χ4n) is 4.72. The summed E-state index contributed by atoms with van der Waals surface area (Å²) >= 11 is 0. The van der Waals surface area contributed by atoms with Gasteiger partial charge in [-0.3, -0.25) is 9.79 Å². The van der Waals surface area contributed by atoms with Gasteiger partial charge in [0.2, 0.25) is 5.91 Å². The number of piperidine rings is 1. The summed E-state index contributed by atoms with van der Waals surface area (Å²) in [5.74, 6) is 2.16. The first-order valence-electron chi connectivity index (χ1n) is 10.7. The Morgan fingerprint density at radius 3 is 2.80 bits per heavy atom. The van der Waals surface area contributed by atoms with Crippen LogP contribution in [0.1, 0.15) is 24.8 Å². The van der Waals surface area contributed by atoms with Gasteiger partial charge in [-0.15, -0.1) is 24.0 Å². The molecule has 166 valence electrons. The topological polar surface area (TPSA) is 76.1 Å². The van der Waals surface area contributed by atoms with Crippen molar-refractivity contribution in [2.75, 3.05) is 64.8 Å². The van der Waals surface area contributed by atoms with Crippen LogP contribution in [0.5, 0.6) is 0 Å². The van der Waals surface area contributed by atoms with Crippen LogP contribution in [0, 0.1) is 5.41 Å². The molecule has 2 N–H and O–H groups in total. The van der Waals surface area contributed by atoms with Gasteiger partial charge >= 0.3 is 0 Å². The minimum atomic E-state index is 0. The molecule has 0 bridgehead atoms. The van der Waals surface area contributed by atoms with Crippen LogP contribution in [-0.4, -0.2) is 86.6 Å². The van der Waals surface area contributed by atoms with E-state index < -0.39 is 0 Å². The molecule has 3 fully saturated rings. The zero-order valence-electron chi connectivity index (χ0n) is 18.1. The highest BCUT2D eigenvalue weighted by molar-refractivity contribution is 14.0. The van der Waals surface area contributed by atoms with Crippen molar-refractivity contribution in [1.82, 2.24) is 25.4 Å². The van der Waals surface area contributed by atoms with E-state index in [-0.39, 0.29) is 35.3 Å². The molecule has 1 amide bonds. The van der Waals surface area contributed by atoms with E-state index >= 15 is 0 Å². The summed E-state index contributed by atoms with van der Waals surface area (Å²) < 4.78 is 0. The van der Waals surface area contributed by atoms with Gasteiger partial charge in [0.15, 0.2) is 5.96 Å². The Labute approximate surface area is 196 Å². The number of nitrogens with zero attached hydrogens (tertiary/aromatic N) is 5. The molecule has 0 aromatic carbocycles. The summed E-state index contributed by atoms with van der Waals surface area (Å²) in [6, 6.07) is 4.25. The molecule has 1 unspecified atom stereocenters. The highest BCUT2D eigenvalue weighted by atomic mass is 127. The number of halogens is 1. The van der Waals surface area contributed by atoms with E-state index in [9.17, 15) is 4.79 Å². The van der Waals surface area contributed by atoms with Gasteiger partial charge in [-0.1, -0.05) is 0 Å². The van der Waals surface area contributed by atoms with Crippen molar-refractivity contribution in [1.29, 1.82) is 0 Å². The Morgan fingerprint density at radius 2 is 2.10 bits per heavy atom. The zero-order valence-corrected chi connectivity index (χ0v) is 20.4. The van der Waals surface area contributed by atoms with Crippen LogP contribution in [0.4, 0.5) is 5.82 Å². The quantitative estimate of drug-likeness (QED) is 0.349. The normalized spacial score (nSPS) is 25.3. The smallest absolute Gasteiger partial charge is 0.220 e. The number of rotatable bonds is 3. The van der Waals surface area contributed by atoms with E-state index in [0.29, 0.717) is 6.42 Å². The van der Waals surface area contributed by atoms with Crippen molar-refractivity contribution in [3.05, 3.63) is 23.9 Å². The van der Waals surface area contributed by atoms with Crippen LogP contribution < -0.4 is 15.5 Å². The summed E-state index contributed by atoms with van der Waals surface area (Å²) in [5.41, 5.74) is 1.28. The largest absolute Gasteiger partial charge is 0.355 e. The van der Waals surface area contributed by atoms with Gasteiger partial charge in [0.25, 0.3) is 0 Å². The SMILES string of the molecule is CN=C(NCc1ccnc(N2CCN(C)CC2)c1)N1CCCC2(CNC(=O)C2)C1.I. The van der Waals surface area contributed by atoms with E-state index in [1.807, 2.05) is 13.2 Å². The minimum absolute atomic E-state index is 0. The third-order valence-electron chi connectivity index (χ3n) is 6.46. The second-order valence-electron chi connectivity index (χ2n) is 8.69. The minimum Gasteiger partial charge on any atom is -0.355 e. The monoisotopic (exact) mass is 527 g/mol. The van der Waals surface area contributed by atoms with Crippen molar-refractivity contribution in [2.45, 2.75) is 25.8 Å². The lowest BCUT2D eigenvalue weighted by molar-refractivity contribution is -0.119. The van der Waals surface area contributed by atoms with Gasteiger partial charge in [0.05, 0.1) is 0 Å². The number of aromatic nitrogens is 1. The van der Waals surface area contributed by atoms with Crippen molar-refractivity contribution in [3.63, 3.8) is 0 Å². The van der Waals surface area contributed by atoms with Gasteiger partial charge in [-0.2, -0.15) is 0 Å². The first-order valence-corrected chi connectivity index (χ1v) is 10.7. The third-order valence-corrected chi connectivity index (χ3v) is 6.46. The number of carbonyl (C=O) groups is 1. The number of amides is 1. The molecule has 30 heavy (non-hydrogen) atoms. The highest BCUT2D eigenvalue weighted by Gasteiger charge is 2.42. The van der Waals surface area contributed by atoms with Gasteiger partial charge in [-0.05, 0) is 37.6 Å². The van der Waals surface area contributed by atoms with Crippen LogP contribution in [0.25, 0.3) is 0 Å². The summed E-state index contributed by atoms with van der Waals surface area (Å²) in [4.78, 5) is 27.9. The first kappa shape index (κ1) is 23.1. The molecule has 1 spiro atoms. The molecule has 4 rings (SSSR count). The van der Waals surface area contributed by atoms with Crippen LogP contribution >= 0.6 is 24.0 Å². The van der Waals surface area contributed by atoms with Crippen LogP contribution in [0.3, 0.4) is 0 Å². The predicted molar refractivity (Wildman–Crippen MR) is 130 cm³/mol. The second-order valence-corrected chi connectivity index (χ2v) is 8.69. The summed E-state index contributed by atoms with van der Waals surface area (Å²) in [6.07, 6.45) is 4.74. The summed E-state index contributed by atoms with van der Waals surface area (Å²) in [7, 11) is 4.00.